The topological polar surface area (TPSA) is 114 Å². The molecular formula is C18H19N5O4. The zero-order valence-corrected chi connectivity index (χ0v) is 14.7. The molecule has 140 valence electrons. The van der Waals surface area contributed by atoms with Crippen molar-refractivity contribution in [3.63, 3.8) is 0 Å². The number of hydrogen-bond acceptors (Lipinski definition) is 5. The van der Waals surface area contributed by atoms with Gasteiger partial charge in [0.25, 0.3) is 5.91 Å². The average molecular weight is 369 g/mol. The number of aryl methyl sites for hydroxylation is 1. The van der Waals surface area contributed by atoms with Gasteiger partial charge in [0.2, 0.25) is 0 Å². The van der Waals surface area contributed by atoms with Gasteiger partial charge in [0.15, 0.2) is 5.69 Å². The molecule has 1 N–H and O–H groups in total. The second-order valence-electron chi connectivity index (χ2n) is 7.71. The van der Waals surface area contributed by atoms with Crippen molar-refractivity contribution in [1.82, 2.24) is 19.7 Å². The van der Waals surface area contributed by atoms with Gasteiger partial charge in [-0.3, -0.25) is 24.8 Å². The molecule has 9 heteroatoms. The molecule has 0 unspecified atom stereocenters. The number of piperidine rings is 1. The molecule has 27 heavy (non-hydrogen) atoms. The summed E-state index contributed by atoms with van der Waals surface area (Å²) >= 11 is 0. The summed E-state index contributed by atoms with van der Waals surface area (Å²) < 4.78 is 1.53. The van der Waals surface area contributed by atoms with Crippen molar-refractivity contribution in [2.75, 3.05) is 13.1 Å². The standard InChI is InChI=1S/C18H19N5O4/c24-17-15(23(26)27)5-4-14-11-6-10(8-22(14)17)7-21(9-11)18(25)16-12-2-1-3-13(12)19-20-16/h4-5,10-11H,1-3,6-9H2,(H,19,20)/t10-,11+/m0/s1. The average Bonchev–Trinajstić information content (AvgIpc) is 3.25. The van der Waals surface area contributed by atoms with Crippen molar-refractivity contribution in [3.8, 4) is 0 Å². The normalized spacial score (nSPS) is 23.0. The first-order valence-corrected chi connectivity index (χ1v) is 9.26. The number of carbonyl (C=O) groups is 1. The van der Waals surface area contributed by atoms with E-state index in [4.69, 9.17) is 0 Å². The number of aromatic nitrogens is 3. The molecule has 2 aromatic heterocycles. The highest BCUT2D eigenvalue weighted by Crippen LogP contribution is 2.36. The number of aromatic amines is 1. The number of nitrogens with zero attached hydrogens (tertiary/aromatic N) is 4. The van der Waals surface area contributed by atoms with E-state index >= 15 is 0 Å². The first-order chi connectivity index (χ1) is 13.0. The Labute approximate surface area is 154 Å². The van der Waals surface area contributed by atoms with Crippen molar-refractivity contribution in [3.05, 3.63) is 55.2 Å². The number of fused-ring (bicyclic) bond motifs is 5. The summed E-state index contributed by atoms with van der Waals surface area (Å²) in [6.45, 7) is 1.47. The second kappa shape index (κ2) is 5.77. The lowest BCUT2D eigenvalue weighted by molar-refractivity contribution is -0.386. The quantitative estimate of drug-likeness (QED) is 0.632. The first-order valence-electron chi connectivity index (χ1n) is 9.26. The van der Waals surface area contributed by atoms with Crippen molar-refractivity contribution in [1.29, 1.82) is 0 Å². The van der Waals surface area contributed by atoms with Crippen molar-refractivity contribution < 1.29 is 9.72 Å². The largest absolute Gasteiger partial charge is 0.336 e. The van der Waals surface area contributed by atoms with Crippen molar-refractivity contribution in [2.45, 2.75) is 38.1 Å². The zero-order chi connectivity index (χ0) is 18.7. The molecule has 1 saturated heterocycles. The smallest absolute Gasteiger partial charge is 0.334 e. The first kappa shape index (κ1) is 16.2. The fourth-order valence-corrected chi connectivity index (χ4v) is 4.89. The predicted molar refractivity (Wildman–Crippen MR) is 94.7 cm³/mol. The Morgan fingerprint density at radius 2 is 2.11 bits per heavy atom. The van der Waals surface area contributed by atoms with E-state index in [9.17, 15) is 19.7 Å². The van der Waals surface area contributed by atoms with Crippen molar-refractivity contribution >= 4 is 11.6 Å². The monoisotopic (exact) mass is 369 g/mol. The number of nitro groups is 1. The van der Waals surface area contributed by atoms with Crippen LogP contribution in [0.2, 0.25) is 0 Å². The molecule has 1 aliphatic carbocycles. The van der Waals surface area contributed by atoms with Crippen LogP contribution >= 0.6 is 0 Å². The predicted octanol–water partition coefficient (Wildman–Crippen LogP) is 1.23. The van der Waals surface area contributed by atoms with Gasteiger partial charge in [-0.25, -0.2) is 0 Å². The van der Waals surface area contributed by atoms with E-state index < -0.39 is 16.2 Å². The highest BCUT2D eigenvalue weighted by atomic mass is 16.6. The van der Waals surface area contributed by atoms with Gasteiger partial charge in [0.05, 0.1) is 4.92 Å². The molecule has 4 heterocycles. The van der Waals surface area contributed by atoms with Crippen LogP contribution < -0.4 is 5.56 Å². The van der Waals surface area contributed by atoms with Crippen LogP contribution in [0.3, 0.4) is 0 Å². The van der Waals surface area contributed by atoms with Crippen LogP contribution in [0.25, 0.3) is 0 Å². The van der Waals surface area contributed by atoms with Gasteiger partial charge in [-0.15, -0.1) is 0 Å². The van der Waals surface area contributed by atoms with Gasteiger partial charge in [0, 0.05) is 48.6 Å². The fraction of sp³-hybridized carbons (Fsp3) is 0.500. The third-order valence-corrected chi connectivity index (χ3v) is 6.08. The summed E-state index contributed by atoms with van der Waals surface area (Å²) in [5.74, 6) is 0.0793. The van der Waals surface area contributed by atoms with Crippen LogP contribution in [0.1, 0.15) is 46.2 Å². The molecule has 0 aromatic carbocycles. The lowest BCUT2D eigenvalue weighted by atomic mass is 9.83. The van der Waals surface area contributed by atoms with E-state index in [1.165, 1.54) is 10.6 Å². The molecule has 5 rings (SSSR count). The highest BCUT2D eigenvalue weighted by molar-refractivity contribution is 5.94. The summed E-state index contributed by atoms with van der Waals surface area (Å²) in [6.07, 6.45) is 3.76. The van der Waals surface area contributed by atoms with Crippen LogP contribution in [-0.4, -0.2) is 43.6 Å². The molecule has 1 amide bonds. The summed E-state index contributed by atoms with van der Waals surface area (Å²) in [6, 6.07) is 2.95. The SMILES string of the molecule is O=C(c1n[nH]c2c1CCC2)N1C[C@@H]2C[C@H](C1)c1ccc([N+](=O)[O-])c(=O)n1C2. The third kappa shape index (κ3) is 2.41. The summed E-state index contributed by atoms with van der Waals surface area (Å²) in [5, 5.41) is 18.3. The maximum Gasteiger partial charge on any atom is 0.334 e. The molecule has 2 aliphatic heterocycles. The minimum atomic E-state index is -0.631. The maximum absolute atomic E-state index is 13.1. The van der Waals surface area contributed by atoms with E-state index in [2.05, 4.69) is 10.2 Å². The molecule has 3 aliphatic rings. The summed E-state index contributed by atoms with van der Waals surface area (Å²) in [5.41, 5.74) is 2.49. The number of rotatable bonds is 2. The Morgan fingerprint density at radius 1 is 1.26 bits per heavy atom. The Hall–Kier alpha value is -2.97. The molecule has 1 fully saturated rings. The number of likely N-dealkylation sites (tertiary alicyclic amines) is 1. The number of H-pyrrole nitrogens is 1. The van der Waals surface area contributed by atoms with E-state index in [0.717, 1.165) is 42.6 Å². The van der Waals surface area contributed by atoms with E-state index in [1.54, 1.807) is 6.07 Å². The second-order valence-corrected chi connectivity index (χ2v) is 7.71. The Bertz CT molecular complexity index is 1020. The van der Waals surface area contributed by atoms with E-state index in [0.29, 0.717) is 25.3 Å². The van der Waals surface area contributed by atoms with Crippen molar-refractivity contribution in [2.24, 2.45) is 5.92 Å². The van der Waals surface area contributed by atoms with Gasteiger partial charge in [-0.1, -0.05) is 0 Å². The molecule has 0 radical (unpaired) electrons. The lowest BCUT2D eigenvalue weighted by Crippen LogP contribution is -2.49. The Balaban J connectivity index is 1.46. The maximum atomic E-state index is 13.1. The summed E-state index contributed by atoms with van der Waals surface area (Å²) in [7, 11) is 0. The lowest BCUT2D eigenvalue weighted by Gasteiger charge is -2.42. The minimum Gasteiger partial charge on any atom is -0.336 e. The van der Waals surface area contributed by atoms with Crippen LogP contribution in [-0.2, 0) is 19.4 Å². The summed E-state index contributed by atoms with van der Waals surface area (Å²) in [4.78, 5) is 37.8. The van der Waals surface area contributed by atoms with Crippen LogP contribution in [0, 0.1) is 16.0 Å². The van der Waals surface area contributed by atoms with Gasteiger partial charge in [-0.2, -0.15) is 5.10 Å². The van der Waals surface area contributed by atoms with E-state index in [-0.39, 0.29) is 17.7 Å². The number of carbonyl (C=O) groups excluding carboxylic acids is 1. The number of amides is 1. The van der Waals surface area contributed by atoms with Crippen LogP contribution in [0.5, 0.6) is 0 Å². The fourth-order valence-electron chi connectivity index (χ4n) is 4.89. The van der Waals surface area contributed by atoms with Gasteiger partial charge >= 0.3 is 11.2 Å². The molecule has 2 atom stereocenters. The highest BCUT2D eigenvalue weighted by Gasteiger charge is 2.39. The van der Waals surface area contributed by atoms with Gasteiger partial charge < -0.3 is 9.47 Å². The van der Waals surface area contributed by atoms with E-state index in [1.807, 2.05) is 4.90 Å². The molecule has 0 spiro atoms. The molecule has 2 bridgehead atoms. The van der Waals surface area contributed by atoms with Gasteiger partial charge in [0.1, 0.15) is 0 Å². The Morgan fingerprint density at radius 3 is 2.93 bits per heavy atom. The molecular weight excluding hydrogens is 350 g/mol. The van der Waals surface area contributed by atoms with Crippen LogP contribution in [0.4, 0.5) is 5.69 Å². The molecule has 2 aromatic rings. The van der Waals surface area contributed by atoms with Crippen LogP contribution in [0.15, 0.2) is 16.9 Å². The molecule has 0 saturated carbocycles. The minimum absolute atomic E-state index is 0.0157. The zero-order valence-electron chi connectivity index (χ0n) is 14.7. The number of pyridine rings is 1. The molecule has 9 nitrogen and oxygen atoms in total. The third-order valence-electron chi connectivity index (χ3n) is 6.08. The number of hydrogen-bond donors (Lipinski definition) is 1. The van der Waals surface area contributed by atoms with Gasteiger partial charge in [-0.05, 0) is 37.7 Å². The Kier molecular flexibility index (Phi) is 3.46. The number of nitrogens with one attached hydrogen (secondary N) is 1.